The lowest BCUT2D eigenvalue weighted by Gasteiger charge is -2.36. The predicted molar refractivity (Wildman–Crippen MR) is 100 cm³/mol. The van der Waals surface area contributed by atoms with E-state index in [2.05, 4.69) is 5.32 Å². The third-order valence-corrected chi connectivity index (χ3v) is 6.22. The number of amides is 5. The SMILES string of the molecule is CC(=O)N1CCN(C(=O)COC(=O)CN2C(=O)NC3(CCCCC3C)C2=O)CC1. The van der Waals surface area contributed by atoms with Gasteiger partial charge in [0.2, 0.25) is 5.91 Å². The van der Waals surface area contributed by atoms with Gasteiger partial charge in [-0.25, -0.2) is 4.79 Å². The van der Waals surface area contributed by atoms with Gasteiger partial charge in [0.1, 0.15) is 12.1 Å². The van der Waals surface area contributed by atoms with Gasteiger partial charge >= 0.3 is 12.0 Å². The van der Waals surface area contributed by atoms with Crippen LogP contribution in [0.1, 0.15) is 39.5 Å². The van der Waals surface area contributed by atoms with E-state index in [4.69, 9.17) is 4.74 Å². The second-order valence-corrected chi connectivity index (χ2v) is 7.99. The van der Waals surface area contributed by atoms with Crippen LogP contribution in [0, 0.1) is 5.92 Å². The number of imide groups is 1. The number of ether oxygens (including phenoxy) is 1. The number of hydrogen-bond acceptors (Lipinski definition) is 6. The number of nitrogens with one attached hydrogen (secondary N) is 1. The number of hydrogen-bond donors (Lipinski definition) is 1. The van der Waals surface area contributed by atoms with Gasteiger partial charge in [0.05, 0.1) is 0 Å². The fraction of sp³-hybridized carbons (Fsp3) is 0.737. The minimum atomic E-state index is -0.929. The van der Waals surface area contributed by atoms with Gasteiger partial charge in [-0.1, -0.05) is 19.8 Å². The number of rotatable bonds is 4. The van der Waals surface area contributed by atoms with Gasteiger partial charge < -0.3 is 19.9 Å². The van der Waals surface area contributed by atoms with Crippen molar-refractivity contribution in [2.24, 2.45) is 5.92 Å². The van der Waals surface area contributed by atoms with Crippen LogP contribution in [0.25, 0.3) is 0 Å². The maximum atomic E-state index is 12.8. The Hall–Kier alpha value is -2.65. The van der Waals surface area contributed by atoms with E-state index in [1.54, 1.807) is 4.90 Å². The first-order valence-corrected chi connectivity index (χ1v) is 10.1. The Morgan fingerprint density at radius 2 is 1.76 bits per heavy atom. The first kappa shape index (κ1) is 21.1. The van der Waals surface area contributed by atoms with Crippen molar-refractivity contribution >= 4 is 29.7 Å². The molecule has 2 aliphatic heterocycles. The quantitative estimate of drug-likeness (QED) is 0.505. The van der Waals surface area contributed by atoms with Gasteiger partial charge in [0.15, 0.2) is 6.61 Å². The van der Waals surface area contributed by atoms with Gasteiger partial charge in [0.25, 0.3) is 11.8 Å². The van der Waals surface area contributed by atoms with E-state index in [1.165, 1.54) is 11.8 Å². The maximum absolute atomic E-state index is 12.8. The molecule has 3 rings (SSSR count). The van der Waals surface area contributed by atoms with Crippen LogP contribution >= 0.6 is 0 Å². The van der Waals surface area contributed by atoms with Crippen LogP contribution in [0.3, 0.4) is 0 Å². The lowest BCUT2D eigenvalue weighted by molar-refractivity contribution is -0.155. The molecule has 1 saturated carbocycles. The van der Waals surface area contributed by atoms with Gasteiger partial charge in [-0.3, -0.25) is 24.1 Å². The summed E-state index contributed by atoms with van der Waals surface area (Å²) in [4.78, 5) is 64.9. The fourth-order valence-electron chi connectivity index (χ4n) is 4.32. The number of carbonyl (C=O) groups excluding carboxylic acids is 5. The lowest BCUT2D eigenvalue weighted by Crippen LogP contribution is -2.54. The standard InChI is InChI=1S/C19H28N4O6/c1-13-5-3-4-6-19(13)17(27)23(18(28)20-19)11-16(26)29-12-15(25)22-9-7-21(8-10-22)14(2)24/h13H,3-12H2,1-2H3,(H,20,28). The molecule has 0 bridgehead atoms. The summed E-state index contributed by atoms with van der Waals surface area (Å²) in [7, 11) is 0. The topological polar surface area (TPSA) is 116 Å². The highest BCUT2D eigenvalue weighted by Crippen LogP contribution is 2.38. The summed E-state index contributed by atoms with van der Waals surface area (Å²) in [6.45, 7) is 4.09. The Labute approximate surface area is 169 Å². The maximum Gasteiger partial charge on any atom is 0.326 e. The van der Waals surface area contributed by atoms with Crippen molar-refractivity contribution in [2.75, 3.05) is 39.3 Å². The third kappa shape index (κ3) is 4.20. The molecule has 3 aliphatic rings. The minimum Gasteiger partial charge on any atom is -0.454 e. The normalized spacial score (nSPS) is 27.2. The fourth-order valence-corrected chi connectivity index (χ4v) is 4.32. The van der Waals surface area contributed by atoms with Gasteiger partial charge in [-0.05, 0) is 18.8 Å². The second-order valence-electron chi connectivity index (χ2n) is 7.99. The summed E-state index contributed by atoms with van der Waals surface area (Å²) >= 11 is 0. The number of nitrogens with zero attached hydrogens (tertiary/aromatic N) is 3. The molecule has 160 valence electrons. The second kappa shape index (κ2) is 8.38. The summed E-state index contributed by atoms with van der Waals surface area (Å²) in [5, 5.41) is 2.78. The van der Waals surface area contributed by atoms with Crippen molar-refractivity contribution in [1.82, 2.24) is 20.0 Å². The van der Waals surface area contributed by atoms with Crippen molar-refractivity contribution in [2.45, 2.75) is 45.1 Å². The highest BCUT2D eigenvalue weighted by molar-refractivity contribution is 6.09. The summed E-state index contributed by atoms with van der Waals surface area (Å²) < 4.78 is 5.01. The van der Waals surface area contributed by atoms with Crippen molar-refractivity contribution in [3.8, 4) is 0 Å². The van der Waals surface area contributed by atoms with E-state index in [0.717, 1.165) is 24.2 Å². The molecule has 0 aromatic rings. The molecule has 2 saturated heterocycles. The predicted octanol–water partition coefficient (Wildman–Crippen LogP) is -0.279. The van der Waals surface area contributed by atoms with Crippen LogP contribution in [0.4, 0.5) is 4.79 Å². The van der Waals surface area contributed by atoms with E-state index in [-0.39, 0.29) is 17.7 Å². The van der Waals surface area contributed by atoms with E-state index < -0.39 is 36.6 Å². The van der Waals surface area contributed by atoms with E-state index in [0.29, 0.717) is 32.6 Å². The van der Waals surface area contributed by atoms with Gasteiger partial charge in [-0.2, -0.15) is 0 Å². The number of urea groups is 1. The van der Waals surface area contributed by atoms with E-state index in [9.17, 15) is 24.0 Å². The zero-order chi connectivity index (χ0) is 21.2. The molecular formula is C19H28N4O6. The van der Waals surface area contributed by atoms with Gasteiger partial charge in [0, 0.05) is 33.1 Å². The Morgan fingerprint density at radius 1 is 1.10 bits per heavy atom. The molecule has 2 unspecified atom stereocenters. The molecule has 0 radical (unpaired) electrons. The number of piperazine rings is 1. The largest absolute Gasteiger partial charge is 0.454 e. The molecule has 0 aromatic carbocycles. The average Bonchev–Trinajstić information content (AvgIpc) is 2.93. The summed E-state index contributed by atoms with van der Waals surface area (Å²) in [5.74, 6) is -1.59. The molecule has 2 atom stereocenters. The van der Waals surface area contributed by atoms with Crippen LogP contribution < -0.4 is 5.32 Å². The van der Waals surface area contributed by atoms with Crippen molar-refractivity contribution in [3.63, 3.8) is 0 Å². The van der Waals surface area contributed by atoms with Crippen LogP contribution in [0.15, 0.2) is 0 Å². The van der Waals surface area contributed by atoms with E-state index in [1.807, 2.05) is 6.92 Å². The first-order chi connectivity index (χ1) is 13.7. The molecular weight excluding hydrogens is 380 g/mol. The molecule has 10 nitrogen and oxygen atoms in total. The van der Waals surface area contributed by atoms with Crippen LogP contribution in [0.2, 0.25) is 0 Å². The highest BCUT2D eigenvalue weighted by atomic mass is 16.5. The zero-order valence-electron chi connectivity index (χ0n) is 16.9. The molecule has 2 heterocycles. The minimum absolute atomic E-state index is 0.00367. The third-order valence-electron chi connectivity index (χ3n) is 6.22. The van der Waals surface area contributed by atoms with Crippen molar-refractivity contribution < 1.29 is 28.7 Å². The summed E-state index contributed by atoms with van der Waals surface area (Å²) in [6, 6.07) is -0.590. The Morgan fingerprint density at radius 3 is 2.38 bits per heavy atom. The Bertz CT molecular complexity index is 717. The van der Waals surface area contributed by atoms with Crippen molar-refractivity contribution in [3.05, 3.63) is 0 Å². The number of carbonyl (C=O) groups is 5. The molecule has 10 heteroatoms. The highest BCUT2D eigenvalue weighted by Gasteiger charge is 2.55. The Kier molecular flexibility index (Phi) is 6.09. The number of esters is 1. The molecule has 0 aromatic heterocycles. The molecule has 1 aliphatic carbocycles. The summed E-state index contributed by atoms with van der Waals surface area (Å²) in [6.07, 6.45) is 3.27. The molecule has 29 heavy (non-hydrogen) atoms. The molecule has 1 spiro atoms. The first-order valence-electron chi connectivity index (χ1n) is 10.1. The van der Waals surface area contributed by atoms with Crippen LogP contribution in [-0.4, -0.2) is 89.3 Å². The van der Waals surface area contributed by atoms with Crippen LogP contribution in [-0.2, 0) is 23.9 Å². The van der Waals surface area contributed by atoms with Crippen molar-refractivity contribution in [1.29, 1.82) is 0 Å². The zero-order valence-corrected chi connectivity index (χ0v) is 16.9. The monoisotopic (exact) mass is 408 g/mol. The molecule has 3 fully saturated rings. The van der Waals surface area contributed by atoms with Crippen LogP contribution in [0.5, 0.6) is 0 Å². The smallest absolute Gasteiger partial charge is 0.326 e. The van der Waals surface area contributed by atoms with E-state index >= 15 is 0 Å². The van der Waals surface area contributed by atoms with Gasteiger partial charge in [-0.15, -0.1) is 0 Å². The lowest BCUT2D eigenvalue weighted by atomic mass is 9.73. The Balaban J connectivity index is 1.48. The summed E-state index contributed by atoms with van der Waals surface area (Å²) in [5.41, 5.74) is -0.929. The molecule has 5 amide bonds. The molecule has 1 N–H and O–H groups in total. The average molecular weight is 408 g/mol.